The van der Waals surface area contributed by atoms with Gasteiger partial charge < -0.3 is 20.3 Å². The van der Waals surface area contributed by atoms with Gasteiger partial charge in [-0.15, -0.1) is 0 Å². The third-order valence-electron chi connectivity index (χ3n) is 2.10. The van der Waals surface area contributed by atoms with E-state index in [1.165, 1.54) is 0 Å². The van der Waals surface area contributed by atoms with Crippen LogP contribution in [0.4, 0.5) is 0 Å². The van der Waals surface area contributed by atoms with E-state index in [9.17, 15) is 0 Å². The first-order valence-corrected chi connectivity index (χ1v) is 6.76. The highest BCUT2D eigenvalue weighted by molar-refractivity contribution is 9.10. The van der Waals surface area contributed by atoms with E-state index < -0.39 is 11.9 Å². The summed E-state index contributed by atoms with van der Waals surface area (Å²) in [6.07, 6.45) is 2.24. The van der Waals surface area contributed by atoms with Crippen LogP contribution >= 0.6 is 15.9 Å². The fraction of sp³-hybridized carbons (Fsp3) is 0.385. The van der Waals surface area contributed by atoms with Crippen LogP contribution in [0.1, 0.15) is 12.8 Å². The van der Waals surface area contributed by atoms with Gasteiger partial charge in [0.15, 0.2) is 0 Å². The van der Waals surface area contributed by atoms with Crippen LogP contribution in [0.3, 0.4) is 0 Å². The zero-order valence-corrected chi connectivity index (χ0v) is 12.7. The molecule has 0 spiro atoms. The molecule has 1 aromatic rings. The van der Waals surface area contributed by atoms with Crippen LogP contribution in [0.2, 0.25) is 0 Å². The summed E-state index contributed by atoms with van der Waals surface area (Å²) in [5, 5.41) is 17.9. The number of carboxylic acid groups (broad SMARTS) is 2. The lowest BCUT2D eigenvalue weighted by molar-refractivity contribution is -0.159. The van der Waals surface area contributed by atoms with Crippen molar-refractivity contribution < 1.29 is 24.5 Å². The zero-order chi connectivity index (χ0) is 15.4. The number of para-hydroxylation sites is 1. The summed E-state index contributed by atoms with van der Waals surface area (Å²) in [5.41, 5.74) is 0. The number of rotatable bonds is 6. The molecule has 0 heterocycles. The second-order valence-corrected chi connectivity index (χ2v) is 4.55. The number of carboxylic acids is 2. The van der Waals surface area contributed by atoms with Crippen molar-refractivity contribution in [2.24, 2.45) is 0 Å². The molecule has 0 saturated heterocycles. The van der Waals surface area contributed by atoms with Crippen LogP contribution in [-0.4, -0.2) is 42.4 Å². The van der Waals surface area contributed by atoms with Gasteiger partial charge in [-0.05, 0) is 54.5 Å². The molecule has 0 atom stereocenters. The summed E-state index contributed by atoms with van der Waals surface area (Å²) in [5.74, 6) is -2.72. The van der Waals surface area contributed by atoms with E-state index in [2.05, 4.69) is 21.2 Å². The Hall–Kier alpha value is -1.60. The van der Waals surface area contributed by atoms with Crippen LogP contribution in [-0.2, 0) is 9.59 Å². The number of halogens is 1. The summed E-state index contributed by atoms with van der Waals surface area (Å²) in [7, 11) is 1.97. The maximum atomic E-state index is 9.10. The number of hydrogen-bond donors (Lipinski definition) is 3. The maximum Gasteiger partial charge on any atom is 0.414 e. The summed E-state index contributed by atoms with van der Waals surface area (Å²) in [4.78, 5) is 18.2. The maximum absolute atomic E-state index is 9.10. The second kappa shape index (κ2) is 11.2. The minimum atomic E-state index is -1.82. The van der Waals surface area contributed by atoms with Crippen LogP contribution in [0, 0.1) is 0 Å². The van der Waals surface area contributed by atoms with Gasteiger partial charge in [-0.3, -0.25) is 0 Å². The van der Waals surface area contributed by atoms with Gasteiger partial charge in [0.2, 0.25) is 0 Å². The van der Waals surface area contributed by atoms with Gasteiger partial charge in [-0.2, -0.15) is 0 Å². The van der Waals surface area contributed by atoms with E-state index in [0.29, 0.717) is 0 Å². The van der Waals surface area contributed by atoms with Crippen molar-refractivity contribution in [1.29, 1.82) is 0 Å². The Labute approximate surface area is 125 Å². The van der Waals surface area contributed by atoms with E-state index in [4.69, 9.17) is 24.5 Å². The van der Waals surface area contributed by atoms with E-state index >= 15 is 0 Å². The Morgan fingerprint density at radius 3 is 2.30 bits per heavy atom. The summed E-state index contributed by atoms with van der Waals surface area (Å²) < 4.78 is 6.63. The van der Waals surface area contributed by atoms with Gasteiger partial charge in [0.25, 0.3) is 0 Å². The average Bonchev–Trinajstić information content (AvgIpc) is 2.41. The molecule has 0 bridgehead atoms. The van der Waals surface area contributed by atoms with E-state index in [-0.39, 0.29) is 0 Å². The molecule has 0 aliphatic heterocycles. The third-order valence-corrected chi connectivity index (χ3v) is 2.75. The molecule has 3 N–H and O–H groups in total. The quantitative estimate of drug-likeness (QED) is 0.537. The molecule has 0 aliphatic carbocycles. The predicted molar refractivity (Wildman–Crippen MR) is 78.1 cm³/mol. The number of aliphatic carboxylic acids is 2. The first-order valence-electron chi connectivity index (χ1n) is 5.97. The molecule has 0 saturated carbocycles. The SMILES string of the molecule is CNCCCCOc1ccccc1Br.O=C(O)C(=O)O. The number of benzene rings is 1. The number of ether oxygens (including phenoxy) is 1. The number of unbranched alkanes of at least 4 members (excludes halogenated alkanes) is 1. The first kappa shape index (κ1) is 18.4. The lowest BCUT2D eigenvalue weighted by atomic mass is 10.3. The lowest BCUT2D eigenvalue weighted by Crippen LogP contribution is -2.09. The van der Waals surface area contributed by atoms with Crippen molar-refractivity contribution in [2.45, 2.75) is 12.8 Å². The van der Waals surface area contributed by atoms with Crippen LogP contribution in [0.15, 0.2) is 28.7 Å². The van der Waals surface area contributed by atoms with Crippen molar-refractivity contribution in [3.63, 3.8) is 0 Å². The number of carbonyl (C=O) groups is 2. The highest BCUT2D eigenvalue weighted by Crippen LogP contribution is 2.23. The van der Waals surface area contributed by atoms with Crippen molar-refractivity contribution in [3.8, 4) is 5.75 Å². The molecule has 1 aromatic carbocycles. The van der Waals surface area contributed by atoms with Crippen LogP contribution in [0.5, 0.6) is 5.75 Å². The van der Waals surface area contributed by atoms with Gasteiger partial charge in [0.05, 0.1) is 11.1 Å². The zero-order valence-electron chi connectivity index (χ0n) is 11.1. The van der Waals surface area contributed by atoms with Crippen molar-refractivity contribution in [2.75, 3.05) is 20.2 Å². The predicted octanol–water partition coefficient (Wildman–Crippen LogP) is 1.98. The standard InChI is InChI=1S/C11H16BrNO.C2H2O4/c1-13-8-4-5-9-14-11-7-3-2-6-10(11)12;3-1(4)2(5)6/h2-3,6-7,13H,4-5,8-9H2,1H3;(H,3,4)(H,5,6). The molecule has 0 aliphatic rings. The molecule has 6 nitrogen and oxygen atoms in total. The Kier molecular flexibility index (Phi) is 10.3. The van der Waals surface area contributed by atoms with Gasteiger partial charge in [0, 0.05) is 0 Å². The lowest BCUT2D eigenvalue weighted by Gasteiger charge is -2.07. The average molecular weight is 348 g/mol. The monoisotopic (exact) mass is 347 g/mol. The first-order chi connectivity index (χ1) is 9.49. The van der Waals surface area contributed by atoms with E-state index in [1.54, 1.807) is 0 Å². The molecule has 0 aromatic heterocycles. The van der Waals surface area contributed by atoms with Crippen LogP contribution in [0.25, 0.3) is 0 Å². The fourth-order valence-corrected chi connectivity index (χ4v) is 1.55. The van der Waals surface area contributed by atoms with Crippen molar-refractivity contribution in [3.05, 3.63) is 28.7 Å². The summed E-state index contributed by atoms with van der Waals surface area (Å²) >= 11 is 3.44. The normalized spacial score (nSPS) is 9.30. The van der Waals surface area contributed by atoms with Gasteiger partial charge >= 0.3 is 11.9 Å². The van der Waals surface area contributed by atoms with Gasteiger partial charge in [-0.25, -0.2) is 9.59 Å². The highest BCUT2D eigenvalue weighted by Gasteiger charge is 2.04. The van der Waals surface area contributed by atoms with Crippen LogP contribution < -0.4 is 10.1 Å². The minimum absolute atomic E-state index is 0.782. The minimum Gasteiger partial charge on any atom is -0.492 e. The number of nitrogens with one attached hydrogen (secondary N) is 1. The molecular weight excluding hydrogens is 330 g/mol. The smallest absolute Gasteiger partial charge is 0.414 e. The second-order valence-electron chi connectivity index (χ2n) is 3.70. The third kappa shape index (κ3) is 9.35. The fourth-order valence-electron chi connectivity index (χ4n) is 1.15. The Bertz CT molecular complexity index is 413. The summed E-state index contributed by atoms with van der Waals surface area (Å²) in [6.45, 7) is 1.84. The molecule has 112 valence electrons. The molecule has 1 rings (SSSR count). The molecule has 0 radical (unpaired) electrons. The Balaban J connectivity index is 0.000000511. The van der Waals surface area contributed by atoms with Crippen molar-refractivity contribution in [1.82, 2.24) is 5.32 Å². The van der Waals surface area contributed by atoms with Gasteiger partial charge in [0.1, 0.15) is 5.75 Å². The molecular formula is C13H18BrNO5. The van der Waals surface area contributed by atoms with E-state index in [1.807, 2.05) is 31.3 Å². The Morgan fingerprint density at radius 2 is 1.80 bits per heavy atom. The Morgan fingerprint density at radius 1 is 1.20 bits per heavy atom. The molecule has 7 heteroatoms. The molecule has 0 unspecified atom stereocenters. The number of hydrogen-bond acceptors (Lipinski definition) is 4. The van der Waals surface area contributed by atoms with Gasteiger partial charge in [-0.1, -0.05) is 12.1 Å². The topological polar surface area (TPSA) is 95.9 Å². The molecule has 20 heavy (non-hydrogen) atoms. The molecule has 0 fully saturated rings. The largest absolute Gasteiger partial charge is 0.492 e. The van der Waals surface area contributed by atoms with Crippen molar-refractivity contribution >= 4 is 27.9 Å². The molecule has 0 amide bonds. The van der Waals surface area contributed by atoms with E-state index in [0.717, 1.165) is 36.2 Å². The highest BCUT2D eigenvalue weighted by atomic mass is 79.9. The summed E-state index contributed by atoms with van der Waals surface area (Å²) in [6, 6.07) is 7.93.